The van der Waals surface area contributed by atoms with Crippen molar-refractivity contribution in [3.8, 4) is 0 Å². The van der Waals surface area contributed by atoms with Gasteiger partial charge in [-0.25, -0.2) is 0 Å². The van der Waals surface area contributed by atoms with Gasteiger partial charge < -0.3 is 5.32 Å². The number of benzene rings is 1. The Hall–Kier alpha value is -0.960. The zero-order chi connectivity index (χ0) is 14.5. The number of thioether (sulfide) groups is 1. The Morgan fingerprint density at radius 2 is 1.95 bits per heavy atom. The summed E-state index contributed by atoms with van der Waals surface area (Å²) in [5, 5.41) is 3.22. The molecule has 1 saturated carbocycles. The first-order valence-electron chi connectivity index (χ1n) is 7.55. The maximum atomic E-state index is 12.1. The van der Waals surface area contributed by atoms with Crippen molar-refractivity contribution in [2.24, 2.45) is 11.8 Å². The van der Waals surface area contributed by atoms with E-state index >= 15 is 0 Å². The lowest BCUT2D eigenvalue weighted by molar-refractivity contribution is -0.119. The molecule has 0 radical (unpaired) electrons. The summed E-state index contributed by atoms with van der Waals surface area (Å²) < 4.78 is 0. The Labute approximate surface area is 126 Å². The third-order valence-electron chi connectivity index (χ3n) is 4.44. The molecule has 0 spiro atoms. The fourth-order valence-electron chi connectivity index (χ4n) is 2.82. The molecule has 1 amide bonds. The SMILES string of the molecule is Cc1ccc(SCC(=O)NC2CCCC(C)C2C)cc1. The van der Waals surface area contributed by atoms with Crippen LogP contribution in [0, 0.1) is 18.8 Å². The smallest absolute Gasteiger partial charge is 0.230 e. The van der Waals surface area contributed by atoms with Crippen LogP contribution >= 0.6 is 11.8 Å². The van der Waals surface area contributed by atoms with Gasteiger partial charge in [0.2, 0.25) is 5.91 Å². The lowest BCUT2D eigenvalue weighted by Crippen LogP contribution is -2.44. The minimum atomic E-state index is 0.168. The number of aryl methyl sites for hydroxylation is 1. The van der Waals surface area contributed by atoms with Crippen molar-refractivity contribution in [2.75, 3.05) is 5.75 Å². The normalized spacial score (nSPS) is 26.2. The molecule has 1 aliphatic rings. The number of hydrogen-bond donors (Lipinski definition) is 1. The van der Waals surface area contributed by atoms with Gasteiger partial charge in [-0.15, -0.1) is 11.8 Å². The van der Waals surface area contributed by atoms with Crippen LogP contribution in [0.3, 0.4) is 0 Å². The van der Waals surface area contributed by atoms with Crippen LogP contribution in [0.2, 0.25) is 0 Å². The molecule has 3 heteroatoms. The van der Waals surface area contributed by atoms with E-state index < -0.39 is 0 Å². The summed E-state index contributed by atoms with van der Waals surface area (Å²) in [6.45, 7) is 6.64. The summed E-state index contributed by atoms with van der Waals surface area (Å²) in [6.07, 6.45) is 3.67. The molecule has 3 unspecified atom stereocenters. The van der Waals surface area contributed by atoms with Crippen molar-refractivity contribution in [1.29, 1.82) is 0 Å². The molecule has 0 aromatic heterocycles. The molecule has 1 fully saturated rings. The second-order valence-corrected chi connectivity index (χ2v) is 7.09. The Morgan fingerprint density at radius 1 is 1.25 bits per heavy atom. The van der Waals surface area contributed by atoms with Gasteiger partial charge in [-0.1, -0.05) is 44.4 Å². The molecule has 1 aliphatic carbocycles. The van der Waals surface area contributed by atoms with Gasteiger partial charge in [0.15, 0.2) is 0 Å². The quantitative estimate of drug-likeness (QED) is 0.849. The third-order valence-corrected chi connectivity index (χ3v) is 5.46. The highest BCUT2D eigenvalue weighted by atomic mass is 32.2. The molecule has 110 valence electrons. The summed E-state index contributed by atoms with van der Waals surface area (Å²) in [5.41, 5.74) is 1.25. The molecule has 1 aromatic carbocycles. The number of rotatable bonds is 4. The van der Waals surface area contributed by atoms with Crippen LogP contribution in [0.5, 0.6) is 0 Å². The highest BCUT2D eigenvalue weighted by Gasteiger charge is 2.27. The highest BCUT2D eigenvalue weighted by molar-refractivity contribution is 8.00. The minimum Gasteiger partial charge on any atom is -0.352 e. The Balaban J connectivity index is 1.79. The van der Waals surface area contributed by atoms with E-state index in [4.69, 9.17) is 0 Å². The van der Waals surface area contributed by atoms with Crippen LogP contribution in [0.25, 0.3) is 0 Å². The van der Waals surface area contributed by atoms with E-state index in [9.17, 15) is 4.79 Å². The van der Waals surface area contributed by atoms with Crippen LogP contribution in [-0.2, 0) is 4.79 Å². The molecule has 0 heterocycles. The van der Waals surface area contributed by atoms with E-state index in [1.807, 2.05) is 0 Å². The molecule has 0 aliphatic heterocycles. The Bertz CT molecular complexity index is 443. The average molecular weight is 291 g/mol. The number of amides is 1. The van der Waals surface area contributed by atoms with Crippen LogP contribution in [0.4, 0.5) is 0 Å². The van der Waals surface area contributed by atoms with E-state index in [0.717, 1.165) is 17.2 Å². The molecule has 2 nitrogen and oxygen atoms in total. The fraction of sp³-hybridized carbons (Fsp3) is 0.588. The molecule has 1 N–H and O–H groups in total. The van der Waals surface area contributed by atoms with Crippen molar-refractivity contribution in [1.82, 2.24) is 5.32 Å². The van der Waals surface area contributed by atoms with Crippen molar-refractivity contribution < 1.29 is 4.79 Å². The summed E-state index contributed by atoms with van der Waals surface area (Å²) >= 11 is 1.62. The summed E-state index contributed by atoms with van der Waals surface area (Å²) in [6, 6.07) is 8.71. The molecule has 3 atom stereocenters. The predicted molar refractivity (Wildman–Crippen MR) is 86.0 cm³/mol. The zero-order valence-corrected chi connectivity index (χ0v) is 13.5. The first-order valence-corrected chi connectivity index (χ1v) is 8.53. The minimum absolute atomic E-state index is 0.168. The lowest BCUT2D eigenvalue weighted by Gasteiger charge is -2.34. The summed E-state index contributed by atoms with van der Waals surface area (Å²) in [7, 11) is 0. The van der Waals surface area contributed by atoms with Crippen LogP contribution in [-0.4, -0.2) is 17.7 Å². The fourth-order valence-corrected chi connectivity index (χ4v) is 3.53. The van der Waals surface area contributed by atoms with Crippen LogP contribution in [0.1, 0.15) is 38.7 Å². The molecule has 0 bridgehead atoms. The Kier molecular flexibility index (Phi) is 5.53. The zero-order valence-electron chi connectivity index (χ0n) is 12.7. The van der Waals surface area contributed by atoms with Crippen molar-refractivity contribution >= 4 is 17.7 Å². The number of hydrogen-bond acceptors (Lipinski definition) is 2. The monoisotopic (exact) mass is 291 g/mol. The van der Waals surface area contributed by atoms with Gasteiger partial charge in [0.1, 0.15) is 0 Å². The van der Waals surface area contributed by atoms with Gasteiger partial charge in [0.05, 0.1) is 5.75 Å². The first-order chi connectivity index (χ1) is 9.56. The second kappa shape index (κ2) is 7.16. The van der Waals surface area contributed by atoms with Gasteiger partial charge >= 0.3 is 0 Å². The largest absolute Gasteiger partial charge is 0.352 e. The number of nitrogens with one attached hydrogen (secondary N) is 1. The van der Waals surface area contributed by atoms with Crippen LogP contribution < -0.4 is 5.32 Å². The lowest BCUT2D eigenvalue weighted by atomic mass is 9.78. The summed E-state index contributed by atoms with van der Waals surface area (Å²) in [5.74, 6) is 2.00. The molecule has 1 aromatic rings. The molecule has 2 rings (SSSR count). The second-order valence-electron chi connectivity index (χ2n) is 6.04. The topological polar surface area (TPSA) is 29.1 Å². The predicted octanol–water partition coefficient (Wildman–Crippen LogP) is 4.03. The van der Waals surface area contributed by atoms with Crippen molar-refractivity contribution in [2.45, 2.75) is 51.0 Å². The van der Waals surface area contributed by atoms with Crippen molar-refractivity contribution in [3.63, 3.8) is 0 Å². The molecular weight excluding hydrogens is 266 g/mol. The van der Waals surface area contributed by atoms with Gasteiger partial charge in [-0.3, -0.25) is 4.79 Å². The van der Waals surface area contributed by atoms with E-state index in [-0.39, 0.29) is 5.91 Å². The maximum absolute atomic E-state index is 12.1. The van der Waals surface area contributed by atoms with E-state index in [0.29, 0.717) is 17.7 Å². The first kappa shape index (κ1) is 15.4. The maximum Gasteiger partial charge on any atom is 0.230 e. The molecule has 20 heavy (non-hydrogen) atoms. The standard InChI is InChI=1S/C17H25NOS/c1-12-7-9-15(10-8-12)20-11-17(19)18-16-6-4-5-13(2)14(16)3/h7-10,13-14,16H,4-6,11H2,1-3H3,(H,18,19). The van der Waals surface area contributed by atoms with E-state index in [2.05, 4.69) is 50.4 Å². The summed E-state index contributed by atoms with van der Waals surface area (Å²) in [4.78, 5) is 13.2. The van der Waals surface area contributed by atoms with Gasteiger partial charge in [-0.05, 0) is 37.3 Å². The highest BCUT2D eigenvalue weighted by Crippen LogP contribution is 2.29. The average Bonchev–Trinajstić information content (AvgIpc) is 2.43. The number of carbonyl (C=O) groups excluding carboxylic acids is 1. The van der Waals surface area contributed by atoms with Crippen LogP contribution in [0.15, 0.2) is 29.2 Å². The molecule has 0 saturated heterocycles. The van der Waals surface area contributed by atoms with E-state index in [1.54, 1.807) is 11.8 Å². The van der Waals surface area contributed by atoms with Gasteiger partial charge in [0, 0.05) is 10.9 Å². The number of carbonyl (C=O) groups is 1. The third kappa shape index (κ3) is 4.27. The van der Waals surface area contributed by atoms with E-state index in [1.165, 1.54) is 18.4 Å². The van der Waals surface area contributed by atoms with Gasteiger partial charge in [-0.2, -0.15) is 0 Å². The molecular formula is C17H25NOS. The van der Waals surface area contributed by atoms with Gasteiger partial charge in [0.25, 0.3) is 0 Å². The Morgan fingerprint density at radius 3 is 2.65 bits per heavy atom. The van der Waals surface area contributed by atoms with Crippen molar-refractivity contribution in [3.05, 3.63) is 29.8 Å².